The molecule has 3 aromatic rings. The number of ether oxygens (including phenoxy) is 1. The van der Waals surface area contributed by atoms with Gasteiger partial charge in [-0.1, -0.05) is 36.4 Å². The third kappa shape index (κ3) is 5.15. The van der Waals surface area contributed by atoms with E-state index in [0.717, 1.165) is 23.4 Å². The summed E-state index contributed by atoms with van der Waals surface area (Å²) in [5.41, 5.74) is 1.24. The van der Waals surface area contributed by atoms with E-state index in [1.807, 2.05) is 24.3 Å². The molecule has 0 unspecified atom stereocenters. The van der Waals surface area contributed by atoms with Gasteiger partial charge in [-0.05, 0) is 48.4 Å². The smallest absolute Gasteiger partial charge is 0.264 e. The van der Waals surface area contributed by atoms with E-state index in [0.29, 0.717) is 13.0 Å². The van der Waals surface area contributed by atoms with E-state index < -0.39 is 26.6 Å². The Kier molecular flexibility index (Phi) is 6.68. The molecule has 0 heterocycles. The summed E-state index contributed by atoms with van der Waals surface area (Å²) in [7, 11) is -2.60. The van der Waals surface area contributed by atoms with Crippen molar-refractivity contribution in [1.29, 1.82) is 0 Å². The zero-order valence-electron chi connectivity index (χ0n) is 16.3. The third-order valence-corrected chi connectivity index (χ3v) is 5.80. The molecule has 0 bridgehead atoms. The number of carbonyl (C=O) groups excluding carboxylic acids is 1. The van der Waals surface area contributed by atoms with Crippen LogP contribution in [0.4, 0.5) is 10.1 Å². The molecule has 156 valence electrons. The minimum atomic E-state index is -4.19. The Labute approximate surface area is 174 Å². The molecule has 0 aliphatic heterocycles. The zero-order chi connectivity index (χ0) is 21.6. The number of carbonyl (C=O) groups is 1. The fraction of sp³-hybridized carbons (Fsp3) is 0.136. The maximum atomic E-state index is 13.9. The van der Waals surface area contributed by atoms with Crippen LogP contribution in [0.15, 0.2) is 77.7 Å². The number of amides is 1. The highest BCUT2D eigenvalue weighted by molar-refractivity contribution is 7.92. The maximum absolute atomic E-state index is 13.9. The Morgan fingerprint density at radius 1 is 0.967 bits per heavy atom. The monoisotopic (exact) mass is 428 g/mol. The summed E-state index contributed by atoms with van der Waals surface area (Å²) in [4.78, 5) is 12.1. The summed E-state index contributed by atoms with van der Waals surface area (Å²) in [6.45, 7) is 0.361. The van der Waals surface area contributed by atoms with Crippen LogP contribution in [0.5, 0.6) is 5.75 Å². The van der Waals surface area contributed by atoms with E-state index in [4.69, 9.17) is 4.74 Å². The second kappa shape index (κ2) is 9.41. The number of rotatable bonds is 8. The Hall–Kier alpha value is -3.39. The van der Waals surface area contributed by atoms with Crippen LogP contribution in [0.1, 0.15) is 15.9 Å². The molecular formula is C22H21FN2O4S. The average Bonchev–Trinajstić information content (AvgIpc) is 2.74. The van der Waals surface area contributed by atoms with Crippen molar-refractivity contribution < 1.29 is 22.3 Å². The number of sulfonamides is 1. The molecular weight excluding hydrogens is 407 g/mol. The largest absolute Gasteiger partial charge is 0.497 e. The molecule has 1 amide bonds. The zero-order valence-corrected chi connectivity index (χ0v) is 17.1. The third-order valence-electron chi connectivity index (χ3n) is 4.40. The fourth-order valence-corrected chi connectivity index (χ4v) is 4.00. The minimum Gasteiger partial charge on any atom is -0.497 e. The van der Waals surface area contributed by atoms with Crippen LogP contribution in [-0.4, -0.2) is 28.0 Å². The van der Waals surface area contributed by atoms with Crippen molar-refractivity contribution in [3.63, 3.8) is 0 Å². The highest BCUT2D eigenvalue weighted by Crippen LogP contribution is 2.22. The summed E-state index contributed by atoms with van der Waals surface area (Å²) < 4.78 is 46.4. The molecule has 0 radical (unpaired) electrons. The fourth-order valence-electron chi connectivity index (χ4n) is 2.84. The van der Waals surface area contributed by atoms with E-state index in [-0.39, 0.29) is 11.3 Å². The summed E-state index contributed by atoms with van der Waals surface area (Å²) in [5.74, 6) is -0.555. The summed E-state index contributed by atoms with van der Waals surface area (Å²) in [6, 6.07) is 18.7. The lowest BCUT2D eigenvalue weighted by atomic mass is 10.1. The Bertz CT molecular complexity index is 1130. The number of hydrogen-bond acceptors (Lipinski definition) is 4. The van der Waals surface area contributed by atoms with Gasteiger partial charge in [0.15, 0.2) is 0 Å². The highest BCUT2D eigenvalue weighted by atomic mass is 32.2. The van der Waals surface area contributed by atoms with Gasteiger partial charge in [-0.15, -0.1) is 0 Å². The van der Waals surface area contributed by atoms with Gasteiger partial charge in [-0.25, -0.2) is 12.8 Å². The van der Waals surface area contributed by atoms with Gasteiger partial charge in [0, 0.05) is 6.54 Å². The molecule has 8 heteroatoms. The summed E-state index contributed by atoms with van der Waals surface area (Å²) in [5, 5.41) is 2.77. The van der Waals surface area contributed by atoms with Crippen molar-refractivity contribution in [1.82, 2.24) is 5.32 Å². The standard InChI is InChI=1S/C22H21FN2O4S/c1-29-17-12-10-16(11-13-17)14-15-24-22(26)18-6-2-4-8-20(18)25-30(27,28)21-9-5-3-7-19(21)23/h2-13,25H,14-15H2,1H3,(H,24,26). The second-order valence-corrected chi connectivity index (χ2v) is 8.09. The maximum Gasteiger partial charge on any atom is 0.264 e. The predicted octanol–water partition coefficient (Wildman–Crippen LogP) is 3.61. The Morgan fingerprint density at radius 3 is 2.33 bits per heavy atom. The van der Waals surface area contributed by atoms with Gasteiger partial charge in [-0.2, -0.15) is 0 Å². The van der Waals surface area contributed by atoms with E-state index in [2.05, 4.69) is 10.0 Å². The first-order chi connectivity index (χ1) is 14.4. The van der Waals surface area contributed by atoms with Crippen molar-refractivity contribution in [2.24, 2.45) is 0 Å². The quantitative estimate of drug-likeness (QED) is 0.574. The highest BCUT2D eigenvalue weighted by Gasteiger charge is 2.21. The molecule has 3 rings (SSSR count). The van der Waals surface area contributed by atoms with Crippen LogP contribution in [0.2, 0.25) is 0 Å². The molecule has 30 heavy (non-hydrogen) atoms. The molecule has 0 spiro atoms. The average molecular weight is 428 g/mol. The lowest BCUT2D eigenvalue weighted by Gasteiger charge is -2.13. The first-order valence-electron chi connectivity index (χ1n) is 9.18. The van der Waals surface area contributed by atoms with E-state index in [1.54, 1.807) is 19.2 Å². The molecule has 3 aromatic carbocycles. The molecule has 0 aliphatic carbocycles. The van der Waals surface area contributed by atoms with Gasteiger partial charge < -0.3 is 10.1 Å². The van der Waals surface area contributed by atoms with E-state index >= 15 is 0 Å². The number of benzene rings is 3. The van der Waals surface area contributed by atoms with Gasteiger partial charge >= 0.3 is 0 Å². The molecule has 0 aliphatic rings. The SMILES string of the molecule is COc1ccc(CCNC(=O)c2ccccc2NS(=O)(=O)c2ccccc2F)cc1. The van der Waals surface area contributed by atoms with Crippen molar-refractivity contribution in [3.8, 4) is 5.75 Å². The van der Waals surface area contributed by atoms with Crippen LogP contribution in [0, 0.1) is 5.82 Å². The van der Waals surface area contributed by atoms with Gasteiger partial charge in [0.1, 0.15) is 16.5 Å². The van der Waals surface area contributed by atoms with E-state index in [9.17, 15) is 17.6 Å². The topological polar surface area (TPSA) is 84.5 Å². The second-order valence-electron chi connectivity index (χ2n) is 6.44. The van der Waals surface area contributed by atoms with E-state index in [1.165, 1.54) is 24.3 Å². The predicted molar refractivity (Wildman–Crippen MR) is 113 cm³/mol. The number of methoxy groups -OCH3 is 1. The molecule has 0 saturated carbocycles. The van der Waals surface area contributed by atoms with Crippen molar-refractivity contribution in [2.75, 3.05) is 18.4 Å². The summed E-state index contributed by atoms with van der Waals surface area (Å²) >= 11 is 0. The van der Waals surface area contributed by atoms with Crippen LogP contribution in [-0.2, 0) is 16.4 Å². The lowest BCUT2D eigenvalue weighted by molar-refractivity contribution is 0.0955. The van der Waals surface area contributed by atoms with Crippen LogP contribution in [0.25, 0.3) is 0 Å². The normalized spacial score (nSPS) is 11.0. The molecule has 0 aromatic heterocycles. The molecule has 0 fully saturated rings. The van der Waals surface area contributed by atoms with Gasteiger partial charge in [-0.3, -0.25) is 9.52 Å². The van der Waals surface area contributed by atoms with Crippen LogP contribution >= 0.6 is 0 Å². The first kappa shape index (κ1) is 21.3. The number of para-hydroxylation sites is 1. The molecule has 0 atom stereocenters. The van der Waals surface area contributed by atoms with Gasteiger partial charge in [0.2, 0.25) is 0 Å². The molecule has 2 N–H and O–H groups in total. The molecule has 0 saturated heterocycles. The van der Waals surface area contributed by atoms with Gasteiger partial charge in [0.25, 0.3) is 15.9 Å². The number of halogens is 1. The summed E-state index contributed by atoms with van der Waals surface area (Å²) in [6.07, 6.45) is 0.596. The Morgan fingerprint density at radius 2 is 1.63 bits per heavy atom. The van der Waals surface area contributed by atoms with Crippen molar-refractivity contribution in [3.05, 3.63) is 89.7 Å². The van der Waals surface area contributed by atoms with Gasteiger partial charge in [0.05, 0.1) is 18.4 Å². The lowest BCUT2D eigenvalue weighted by Crippen LogP contribution is -2.27. The van der Waals surface area contributed by atoms with Crippen LogP contribution in [0.3, 0.4) is 0 Å². The first-order valence-corrected chi connectivity index (χ1v) is 10.7. The van der Waals surface area contributed by atoms with Crippen molar-refractivity contribution in [2.45, 2.75) is 11.3 Å². The number of hydrogen-bond donors (Lipinski definition) is 2. The number of nitrogens with one attached hydrogen (secondary N) is 2. The van der Waals surface area contributed by atoms with Crippen LogP contribution < -0.4 is 14.8 Å². The Balaban J connectivity index is 1.69. The van der Waals surface area contributed by atoms with Crippen molar-refractivity contribution >= 4 is 21.6 Å². The number of anilines is 1. The molecule has 6 nitrogen and oxygen atoms in total. The minimum absolute atomic E-state index is 0.0719.